The lowest BCUT2D eigenvalue weighted by Crippen LogP contribution is -2.09. The zero-order valence-electron chi connectivity index (χ0n) is 10.6. The Morgan fingerprint density at radius 3 is 1.75 bits per heavy atom. The summed E-state index contributed by atoms with van der Waals surface area (Å²) in [6.07, 6.45) is 7.01. The van der Waals surface area contributed by atoms with Crippen LogP contribution in [0.25, 0.3) is 0 Å². The molecule has 0 saturated carbocycles. The molecule has 2 aromatic rings. The van der Waals surface area contributed by atoms with Crippen molar-refractivity contribution in [3.8, 4) is 0 Å². The number of aromatic nitrogens is 2. The van der Waals surface area contributed by atoms with E-state index in [4.69, 9.17) is 8.83 Å². The maximum absolute atomic E-state index is 11.6. The van der Waals surface area contributed by atoms with Gasteiger partial charge in [0.05, 0.1) is 25.2 Å². The number of rotatable bonds is 8. The molecule has 0 aliphatic carbocycles. The van der Waals surface area contributed by atoms with Crippen molar-refractivity contribution in [2.24, 2.45) is 0 Å². The monoisotopic (exact) mass is 316 g/mol. The van der Waals surface area contributed by atoms with Crippen LogP contribution in [0.1, 0.15) is 11.8 Å². The summed E-state index contributed by atoms with van der Waals surface area (Å²) in [5.41, 5.74) is 0. The molecule has 2 aromatic heterocycles. The molecule has 0 unspecified atom stereocenters. The van der Waals surface area contributed by atoms with Crippen molar-refractivity contribution in [2.45, 2.75) is 12.8 Å². The minimum Gasteiger partial charge on any atom is -0.449 e. The summed E-state index contributed by atoms with van der Waals surface area (Å²) < 4.78 is 9.97. The Hall–Kier alpha value is -1.52. The second kappa shape index (κ2) is 8.61. The molecule has 0 aromatic carbocycles. The van der Waals surface area contributed by atoms with Crippen LogP contribution >= 0.6 is 21.0 Å². The van der Waals surface area contributed by atoms with Crippen molar-refractivity contribution in [3.05, 3.63) is 36.7 Å². The van der Waals surface area contributed by atoms with E-state index in [1.54, 1.807) is 0 Å². The van der Waals surface area contributed by atoms with Gasteiger partial charge < -0.3 is 8.83 Å². The van der Waals surface area contributed by atoms with E-state index in [9.17, 15) is 9.59 Å². The fourth-order valence-corrected chi connectivity index (χ4v) is 2.42. The number of Topliss-reactive ketones (excluding diaryl/α,β-unsaturated/α-hetero) is 2. The van der Waals surface area contributed by atoms with E-state index in [-0.39, 0.29) is 45.4 Å². The van der Waals surface area contributed by atoms with Gasteiger partial charge in [-0.2, -0.15) is 0 Å². The van der Waals surface area contributed by atoms with Crippen molar-refractivity contribution in [1.82, 2.24) is 9.97 Å². The van der Waals surface area contributed by atoms with Crippen LogP contribution in [0.3, 0.4) is 0 Å². The Morgan fingerprint density at radius 1 is 0.950 bits per heavy atom. The highest BCUT2D eigenvalue weighted by Gasteiger charge is 2.10. The van der Waals surface area contributed by atoms with Crippen LogP contribution in [0.4, 0.5) is 0 Å². The van der Waals surface area contributed by atoms with Gasteiger partial charge in [0.25, 0.3) is 0 Å². The number of halogens is 1. The van der Waals surface area contributed by atoms with Crippen molar-refractivity contribution < 1.29 is 18.4 Å². The molecule has 8 heteroatoms. The van der Waals surface area contributed by atoms with E-state index in [0.717, 1.165) is 0 Å². The van der Waals surface area contributed by atoms with Gasteiger partial charge in [-0.1, -0.05) is 0 Å². The number of oxazole rings is 2. The summed E-state index contributed by atoms with van der Waals surface area (Å²) in [6, 6.07) is 0. The minimum atomic E-state index is 0. The third kappa shape index (κ3) is 5.63. The van der Waals surface area contributed by atoms with Gasteiger partial charge in [0.1, 0.15) is 24.1 Å². The largest absolute Gasteiger partial charge is 0.449 e. The van der Waals surface area contributed by atoms with Gasteiger partial charge in [0, 0.05) is 12.3 Å². The molecule has 0 atom stereocenters. The smallest absolute Gasteiger partial charge is 0.201 e. The molecule has 0 aliphatic heterocycles. The molecule has 108 valence electrons. The Balaban J connectivity index is 0.00000200. The molecule has 20 heavy (non-hydrogen) atoms. The fourth-order valence-electron chi connectivity index (χ4n) is 1.48. The van der Waals surface area contributed by atoms with Gasteiger partial charge in [-0.15, -0.1) is 21.0 Å². The van der Waals surface area contributed by atoms with Gasteiger partial charge in [0.15, 0.2) is 0 Å². The summed E-state index contributed by atoms with van der Waals surface area (Å²) in [5.74, 6) is 0.899. The van der Waals surface area contributed by atoms with Crippen LogP contribution in [0.2, 0.25) is 0 Å². The average molecular weight is 317 g/mol. The summed E-state index contributed by atoms with van der Waals surface area (Å²) in [7, 11) is 0.277. The maximum atomic E-state index is 11.6. The SMILES string of the molecule is Cl.O=C(CPCC(=O)Cc1ncco1)Cc1ncco1. The Kier molecular flexibility index (Phi) is 7.12. The lowest BCUT2D eigenvalue weighted by Gasteiger charge is -1.99. The molecule has 2 rings (SSSR count). The average Bonchev–Trinajstić information content (AvgIpc) is 3.02. The van der Waals surface area contributed by atoms with Gasteiger partial charge in [-0.05, 0) is 0 Å². The molecule has 0 fully saturated rings. The number of ketones is 2. The number of nitrogens with zero attached hydrogens (tertiary/aromatic N) is 2. The summed E-state index contributed by atoms with van der Waals surface area (Å²) in [5, 5.41) is 0. The zero-order valence-corrected chi connectivity index (χ0v) is 12.4. The van der Waals surface area contributed by atoms with Crippen molar-refractivity contribution in [2.75, 3.05) is 12.3 Å². The molecule has 0 aliphatic rings. The quantitative estimate of drug-likeness (QED) is 0.689. The first-order valence-corrected chi connectivity index (χ1v) is 7.16. The van der Waals surface area contributed by atoms with Gasteiger partial charge in [-0.25, -0.2) is 9.97 Å². The molecule has 0 saturated heterocycles. The van der Waals surface area contributed by atoms with Crippen LogP contribution in [0.15, 0.2) is 33.8 Å². The van der Waals surface area contributed by atoms with Crippen molar-refractivity contribution in [1.29, 1.82) is 0 Å². The third-order valence-corrected chi connectivity index (χ3v) is 3.60. The number of hydrogen-bond donors (Lipinski definition) is 0. The first-order valence-electron chi connectivity index (χ1n) is 5.75. The highest BCUT2D eigenvalue weighted by atomic mass is 35.5. The van der Waals surface area contributed by atoms with Gasteiger partial charge in [-0.3, -0.25) is 9.59 Å². The lowest BCUT2D eigenvalue weighted by molar-refractivity contribution is -0.116. The number of hydrogen-bond acceptors (Lipinski definition) is 6. The Morgan fingerprint density at radius 2 is 1.40 bits per heavy atom. The van der Waals surface area contributed by atoms with E-state index in [2.05, 4.69) is 9.97 Å². The number of carbonyl (C=O) groups is 2. The standard InChI is InChI=1S/C12H13N2O4P.ClH/c15-9(5-11-13-1-3-17-11)7-19-8-10(16)6-12-14-2-4-18-12;/h1-4,19H,5-8H2;1H. The van der Waals surface area contributed by atoms with E-state index in [1.165, 1.54) is 24.9 Å². The highest BCUT2D eigenvalue weighted by Crippen LogP contribution is 2.12. The van der Waals surface area contributed by atoms with Crippen molar-refractivity contribution in [3.63, 3.8) is 0 Å². The number of carbonyl (C=O) groups excluding carboxylic acids is 2. The van der Waals surface area contributed by atoms with Gasteiger partial charge in [0.2, 0.25) is 11.8 Å². The molecule has 0 N–H and O–H groups in total. The molecular weight excluding hydrogens is 303 g/mol. The Labute approximate surface area is 123 Å². The highest BCUT2D eigenvalue weighted by molar-refractivity contribution is 7.40. The molecule has 0 radical (unpaired) electrons. The van der Waals surface area contributed by atoms with E-state index in [1.807, 2.05) is 0 Å². The van der Waals surface area contributed by atoms with Crippen LogP contribution < -0.4 is 0 Å². The lowest BCUT2D eigenvalue weighted by atomic mass is 10.3. The maximum Gasteiger partial charge on any atom is 0.201 e. The predicted octanol–water partition coefficient (Wildman–Crippen LogP) is 1.69. The van der Waals surface area contributed by atoms with E-state index in [0.29, 0.717) is 24.1 Å². The predicted molar refractivity (Wildman–Crippen MR) is 75.7 cm³/mol. The molecule has 0 amide bonds. The summed E-state index contributed by atoms with van der Waals surface area (Å²) in [4.78, 5) is 30.9. The third-order valence-electron chi connectivity index (χ3n) is 2.31. The molecule has 0 spiro atoms. The van der Waals surface area contributed by atoms with Crippen LogP contribution in [0.5, 0.6) is 0 Å². The fraction of sp³-hybridized carbons (Fsp3) is 0.333. The van der Waals surface area contributed by atoms with E-state index < -0.39 is 0 Å². The molecule has 6 nitrogen and oxygen atoms in total. The zero-order chi connectivity index (χ0) is 13.5. The first kappa shape index (κ1) is 16.5. The van der Waals surface area contributed by atoms with Gasteiger partial charge >= 0.3 is 0 Å². The van der Waals surface area contributed by atoms with Crippen molar-refractivity contribution >= 4 is 32.6 Å². The second-order valence-corrected chi connectivity index (χ2v) is 5.09. The topological polar surface area (TPSA) is 86.2 Å². The van der Waals surface area contributed by atoms with Crippen LogP contribution in [0, 0.1) is 0 Å². The van der Waals surface area contributed by atoms with Crippen LogP contribution in [-0.2, 0) is 22.4 Å². The second-order valence-electron chi connectivity index (χ2n) is 3.89. The summed E-state index contributed by atoms with van der Waals surface area (Å²) in [6.45, 7) is 0. The molecular formula is C12H14ClN2O4P. The normalized spacial score (nSPS) is 10.0. The Bertz CT molecular complexity index is 479. The van der Waals surface area contributed by atoms with Crippen LogP contribution in [-0.4, -0.2) is 33.9 Å². The first-order chi connectivity index (χ1) is 9.24. The summed E-state index contributed by atoms with van der Waals surface area (Å²) >= 11 is 0. The minimum absolute atomic E-state index is 0. The van der Waals surface area contributed by atoms with E-state index >= 15 is 0 Å². The molecule has 2 heterocycles. The molecule has 0 bridgehead atoms.